The molecule has 0 radical (unpaired) electrons. The maximum absolute atomic E-state index is 5.93. The van der Waals surface area contributed by atoms with Crippen molar-refractivity contribution in [3.8, 4) is 0 Å². The summed E-state index contributed by atoms with van der Waals surface area (Å²) in [7, 11) is 0. The molecule has 1 unspecified atom stereocenters. The molecule has 2 heterocycles. The third kappa shape index (κ3) is 2.59. The van der Waals surface area contributed by atoms with E-state index in [1.165, 1.54) is 0 Å². The fraction of sp³-hybridized carbons (Fsp3) is 0.583. The van der Waals surface area contributed by atoms with Crippen LogP contribution in [0.1, 0.15) is 43.4 Å². The van der Waals surface area contributed by atoms with Gasteiger partial charge in [-0.15, -0.1) is 5.10 Å². The molecule has 6 heteroatoms. The molecule has 1 atom stereocenters. The predicted molar refractivity (Wildman–Crippen MR) is 69.0 cm³/mol. The second-order valence-corrected chi connectivity index (χ2v) is 4.45. The van der Waals surface area contributed by atoms with E-state index in [-0.39, 0.29) is 6.04 Å². The number of aromatic nitrogens is 5. The summed E-state index contributed by atoms with van der Waals surface area (Å²) in [4.78, 5) is 0. The highest BCUT2D eigenvalue weighted by Crippen LogP contribution is 2.11. The molecule has 18 heavy (non-hydrogen) atoms. The van der Waals surface area contributed by atoms with E-state index in [4.69, 9.17) is 5.73 Å². The molecule has 0 saturated heterocycles. The van der Waals surface area contributed by atoms with E-state index in [1.54, 1.807) is 0 Å². The molecule has 2 aromatic heterocycles. The summed E-state index contributed by atoms with van der Waals surface area (Å²) < 4.78 is 3.80. The fourth-order valence-corrected chi connectivity index (χ4v) is 1.94. The Labute approximate surface area is 107 Å². The number of rotatable bonds is 5. The van der Waals surface area contributed by atoms with Crippen molar-refractivity contribution in [3.05, 3.63) is 29.3 Å². The van der Waals surface area contributed by atoms with E-state index in [1.807, 2.05) is 29.4 Å². The van der Waals surface area contributed by atoms with Crippen LogP contribution < -0.4 is 5.73 Å². The highest BCUT2D eigenvalue weighted by Gasteiger charge is 2.10. The predicted octanol–water partition coefficient (Wildman–Crippen LogP) is 1.26. The average Bonchev–Trinajstić information content (AvgIpc) is 2.95. The van der Waals surface area contributed by atoms with Crippen molar-refractivity contribution < 1.29 is 0 Å². The first-order chi connectivity index (χ1) is 8.63. The largest absolute Gasteiger partial charge is 0.323 e. The van der Waals surface area contributed by atoms with E-state index < -0.39 is 0 Å². The van der Waals surface area contributed by atoms with Gasteiger partial charge in [0.05, 0.1) is 35.9 Å². The quantitative estimate of drug-likeness (QED) is 0.864. The maximum atomic E-state index is 5.93. The van der Waals surface area contributed by atoms with Gasteiger partial charge in [0.2, 0.25) is 0 Å². The second kappa shape index (κ2) is 5.30. The molecule has 0 saturated carbocycles. The van der Waals surface area contributed by atoms with E-state index in [9.17, 15) is 0 Å². The highest BCUT2D eigenvalue weighted by molar-refractivity contribution is 5.10. The topological polar surface area (TPSA) is 74.6 Å². The van der Waals surface area contributed by atoms with Crippen molar-refractivity contribution >= 4 is 0 Å². The van der Waals surface area contributed by atoms with Crippen molar-refractivity contribution in [2.45, 2.75) is 46.3 Å². The van der Waals surface area contributed by atoms with E-state index in [2.05, 4.69) is 28.4 Å². The minimum Gasteiger partial charge on any atom is -0.323 e. The molecule has 2 rings (SSSR count). The molecule has 0 spiro atoms. The molecular formula is C12H20N6. The van der Waals surface area contributed by atoms with Crippen LogP contribution in [0.3, 0.4) is 0 Å². The Hall–Kier alpha value is -1.69. The van der Waals surface area contributed by atoms with Gasteiger partial charge in [0.15, 0.2) is 0 Å². The number of hydrogen-bond acceptors (Lipinski definition) is 4. The molecule has 0 aliphatic carbocycles. The van der Waals surface area contributed by atoms with Gasteiger partial charge in [0.25, 0.3) is 0 Å². The van der Waals surface area contributed by atoms with Crippen LogP contribution >= 0.6 is 0 Å². The van der Waals surface area contributed by atoms with E-state index in [0.717, 1.165) is 30.0 Å². The van der Waals surface area contributed by atoms with Crippen LogP contribution in [-0.2, 0) is 13.1 Å². The molecular weight excluding hydrogens is 228 g/mol. The Morgan fingerprint density at radius 2 is 2.17 bits per heavy atom. The Morgan fingerprint density at radius 1 is 1.39 bits per heavy atom. The minimum atomic E-state index is -0.0310. The van der Waals surface area contributed by atoms with Crippen LogP contribution in [0.15, 0.2) is 12.3 Å². The summed E-state index contributed by atoms with van der Waals surface area (Å²) in [5.74, 6) is 0. The molecule has 2 N–H and O–H groups in total. The zero-order valence-corrected chi connectivity index (χ0v) is 11.2. The van der Waals surface area contributed by atoms with Crippen LogP contribution in [0.5, 0.6) is 0 Å². The Bertz CT molecular complexity index is 512. The summed E-state index contributed by atoms with van der Waals surface area (Å²) in [6.45, 7) is 7.65. The van der Waals surface area contributed by atoms with Crippen LogP contribution in [0.4, 0.5) is 0 Å². The average molecular weight is 248 g/mol. The lowest BCUT2D eigenvalue weighted by Crippen LogP contribution is -2.09. The molecule has 0 aliphatic heterocycles. The van der Waals surface area contributed by atoms with Gasteiger partial charge in [-0.3, -0.25) is 4.68 Å². The molecule has 0 aromatic carbocycles. The van der Waals surface area contributed by atoms with Crippen LogP contribution in [0, 0.1) is 6.92 Å². The van der Waals surface area contributed by atoms with E-state index >= 15 is 0 Å². The Morgan fingerprint density at radius 3 is 2.83 bits per heavy atom. The third-order valence-corrected chi connectivity index (χ3v) is 2.99. The lowest BCUT2D eigenvalue weighted by Gasteiger charge is -2.04. The van der Waals surface area contributed by atoms with Gasteiger partial charge >= 0.3 is 0 Å². The molecule has 0 amide bonds. The fourth-order valence-electron chi connectivity index (χ4n) is 1.94. The first-order valence-electron chi connectivity index (χ1n) is 6.33. The van der Waals surface area contributed by atoms with Crippen LogP contribution in [0.25, 0.3) is 0 Å². The molecule has 2 aromatic rings. The monoisotopic (exact) mass is 248 g/mol. The van der Waals surface area contributed by atoms with Gasteiger partial charge in [0, 0.05) is 6.54 Å². The maximum Gasteiger partial charge on any atom is 0.0994 e. The number of nitrogens with zero attached hydrogens (tertiary/aromatic N) is 5. The number of nitrogens with two attached hydrogens (primary N) is 1. The highest BCUT2D eigenvalue weighted by atomic mass is 15.4. The smallest absolute Gasteiger partial charge is 0.0994 e. The Kier molecular flexibility index (Phi) is 3.76. The summed E-state index contributed by atoms with van der Waals surface area (Å²) in [6, 6.07) is 2.04. The van der Waals surface area contributed by atoms with E-state index in [0.29, 0.717) is 6.54 Å². The van der Waals surface area contributed by atoms with Gasteiger partial charge in [-0.2, -0.15) is 5.10 Å². The van der Waals surface area contributed by atoms with Crippen LogP contribution in [-0.4, -0.2) is 24.8 Å². The molecule has 0 bridgehead atoms. The zero-order valence-electron chi connectivity index (χ0n) is 11.2. The first kappa shape index (κ1) is 12.8. The summed E-state index contributed by atoms with van der Waals surface area (Å²) in [5.41, 5.74) is 8.93. The van der Waals surface area contributed by atoms with Crippen LogP contribution in [0.2, 0.25) is 0 Å². The van der Waals surface area contributed by atoms with Gasteiger partial charge in [-0.1, -0.05) is 12.1 Å². The molecule has 98 valence electrons. The molecule has 6 nitrogen and oxygen atoms in total. The van der Waals surface area contributed by atoms with Gasteiger partial charge in [0.1, 0.15) is 0 Å². The van der Waals surface area contributed by atoms with Gasteiger partial charge in [-0.25, -0.2) is 4.68 Å². The summed E-state index contributed by atoms with van der Waals surface area (Å²) >= 11 is 0. The molecule has 0 aliphatic rings. The van der Waals surface area contributed by atoms with Gasteiger partial charge in [-0.05, 0) is 26.3 Å². The van der Waals surface area contributed by atoms with Crippen molar-refractivity contribution in [1.29, 1.82) is 0 Å². The second-order valence-electron chi connectivity index (χ2n) is 4.45. The van der Waals surface area contributed by atoms with Crippen molar-refractivity contribution in [1.82, 2.24) is 24.8 Å². The van der Waals surface area contributed by atoms with Crippen molar-refractivity contribution in [2.75, 3.05) is 0 Å². The normalized spacial score (nSPS) is 12.9. The summed E-state index contributed by atoms with van der Waals surface area (Å²) in [6.07, 6.45) is 2.78. The number of hydrogen-bond donors (Lipinski definition) is 1. The van der Waals surface area contributed by atoms with Crippen molar-refractivity contribution in [3.63, 3.8) is 0 Å². The van der Waals surface area contributed by atoms with Crippen molar-refractivity contribution in [2.24, 2.45) is 5.73 Å². The standard InChI is InChI=1S/C12H20N6/c1-4-11(13)12-8-17(16-14-12)7-10-6-9(3)15-18(10)5-2/h6,8,11H,4-5,7,13H2,1-3H3. The summed E-state index contributed by atoms with van der Waals surface area (Å²) in [5, 5.41) is 12.6. The lowest BCUT2D eigenvalue weighted by molar-refractivity contribution is 0.565. The SMILES string of the molecule is CCC(N)c1cn(Cc2cc(C)nn2CC)nn1. The lowest BCUT2D eigenvalue weighted by atomic mass is 10.2. The molecule has 0 fully saturated rings. The zero-order chi connectivity index (χ0) is 13.1. The van der Waals surface area contributed by atoms with Gasteiger partial charge < -0.3 is 5.73 Å². The first-order valence-corrected chi connectivity index (χ1v) is 6.33. The number of aryl methyl sites for hydroxylation is 2. The third-order valence-electron chi connectivity index (χ3n) is 2.99. The minimum absolute atomic E-state index is 0.0310. The Balaban J connectivity index is 2.15.